The Morgan fingerprint density at radius 1 is 0.750 bits per heavy atom. The molecule has 28 heavy (non-hydrogen) atoms. The molecule has 0 aromatic heterocycles. The summed E-state index contributed by atoms with van der Waals surface area (Å²) in [4.78, 5) is 24.8. The van der Waals surface area contributed by atoms with E-state index in [1.54, 1.807) is 0 Å². The Morgan fingerprint density at radius 2 is 1.21 bits per heavy atom. The van der Waals surface area contributed by atoms with Gasteiger partial charge in [-0.05, 0) is 19.3 Å². The highest BCUT2D eigenvalue weighted by Crippen LogP contribution is 2.31. The number of hydrogen-bond donors (Lipinski definition) is 0. The number of ether oxygens (including phenoxy) is 2. The SMILES string of the molecule is CCCCCOC(=O)C(CC)(CC)C(=O)OCc1c(F)c(F)c(F)c(F)c1F. The van der Waals surface area contributed by atoms with Crippen LogP contribution >= 0.6 is 0 Å². The second kappa shape index (κ2) is 10.4. The molecule has 0 N–H and O–H groups in total. The summed E-state index contributed by atoms with van der Waals surface area (Å²) in [5.74, 6) is -12.8. The molecule has 0 aliphatic carbocycles. The highest BCUT2D eigenvalue weighted by molar-refractivity contribution is 6.00. The van der Waals surface area contributed by atoms with Crippen LogP contribution in [0.3, 0.4) is 0 Å². The van der Waals surface area contributed by atoms with Crippen molar-refractivity contribution in [2.24, 2.45) is 5.41 Å². The van der Waals surface area contributed by atoms with Gasteiger partial charge in [0.05, 0.1) is 12.2 Å². The molecule has 1 aromatic carbocycles. The van der Waals surface area contributed by atoms with Gasteiger partial charge in [-0.15, -0.1) is 0 Å². The molecule has 0 radical (unpaired) electrons. The van der Waals surface area contributed by atoms with Crippen molar-refractivity contribution in [1.29, 1.82) is 0 Å². The maximum absolute atomic E-state index is 13.7. The molecule has 9 heteroatoms. The molecule has 0 aliphatic heterocycles. The second-order valence-electron chi connectivity index (χ2n) is 6.26. The molecule has 0 unspecified atom stereocenters. The van der Waals surface area contributed by atoms with Crippen molar-refractivity contribution in [3.63, 3.8) is 0 Å². The van der Waals surface area contributed by atoms with Crippen LogP contribution in [-0.2, 0) is 25.7 Å². The van der Waals surface area contributed by atoms with E-state index in [-0.39, 0.29) is 19.4 Å². The maximum atomic E-state index is 13.7. The predicted molar refractivity (Wildman–Crippen MR) is 89.5 cm³/mol. The Kier molecular flexibility index (Phi) is 8.84. The molecule has 1 aromatic rings. The standard InChI is InChI=1S/C19H23F5O4/c1-4-7-8-9-27-17(25)19(5-2,6-3)18(26)28-10-11-12(20)14(22)16(24)15(23)13(11)21/h4-10H2,1-3H3. The molecule has 4 nitrogen and oxygen atoms in total. The van der Waals surface area contributed by atoms with Gasteiger partial charge in [-0.2, -0.15) is 0 Å². The molecule has 0 saturated carbocycles. The monoisotopic (exact) mass is 410 g/mol. The molecule has 0 saturated heterocycles. The van der Waals surface area contributed by atoms with Crippen molar-refractivity contribution >= 4 is 11.9 Å². The summed E-state index contributed by atoms with van der Waals surface area (Å²) in [6.07, 6.45) is 2.28. The number of unbranched alkanes of at least 4 members (excludes halogenated alkanes) is 2. The quantitative estimate of drug-likeness (QED) is 0.137. The fourth-order valence-corrected chi connectivity index (χ4v) is 2.62. The lowest BCUT2D eigenvalue weighted by Gasteiger charge is -2.27. The zero-order valence-electron chi connectivity index (χ0n) is 16.0. The molecule has 0 amide bonds. The minimum atomic E-state index is -2.31. The molecular formula is C19H23F5O4. The summed E-state index contributed by atoms with van der Waals surface area (Å²) < 4.78 is 76.9. The molecule has 0 spiro atoms. The van der Waals surface area contributed by atoms with Crippen molar-refractivity contribution in [2.45, 2.75) is 59.5 Å². The van der Waals surface area contributed by atoms with Crippen molar-refractivity contribution in [3.8, 4) is 0 Å². The molecular weight excluding hydrogens is 387 g/mol. The molecule has 158 valence electrons. The Labute approximate surface area is 160 Å². The largest absolute Gasteiger partial charge is 0.465 e. The fourth-order valence-electron chi connectivity index (χ4n) is 2.62. The number of halogens is 5. The third kappa shape index (κ3) is 4.80. The van der Waals surface area contributed by atoms with Crippen LogP contribution in [0, 0.1) is 34.5 Å². The van der Waals surface area contributed by atoms with Gasteiger partial charge in [0.1, 0.15) is 6.61 Å². The number of benzene rings is 1. The van der Waals surface area contributed by atoms with E-state index in [9.17, 15) is 31.5 Å². The number of esters is 2. The van der Waals surface area contributed by atoms with E-state index < -0.39 is 58.6 Å². The number of hydrogen-bond acceptors (Lipinski definition) is 4. The highest BCUT2D eigenvalue weighted by atomic mass is 19.2. The first-order chi connectivity index (χ1) is 13.2. The molecule has 0 fully saturated rings. The van der Waals surface area contributed by atoms with Gasteiger partial charge in [-0.1, -0.05) is 33.6 Å². The molecule has 0 bridgehead atoms. The summed E-state index contributed by atoms with van der Waals surface area (Å²) >= 11 is 0. The first-order valence-electron chi connectivity index (χ1n) is 9.02. The van der Waals surface area contributed by atoms with E-state index in [4.69, 9.17) is 9.47 Å². The first kappa shape index (κ1) is 23.8. The third-order valence-corrected chi connectivity index (χ3v) is 4.62. The lowest BCUT2D eigenvalue weighted by atomic mass is 9.82. The van der Waals surface area contributed by atoms with E-state index in [0.29, 0.717) is 6.42 Å². The van der Waals surface area contributed by atoms with Crippen LogP contribution in [0.25, 0.3) is 0 Å². The van der Waals surface area contributed by atoms with Crippen LogP contribution in [-0.4, -0.2) is 18.5 Å². The third-order valence-electron chi connectivity index (χ3n) is 4.62. The number of carbonyl (C=O) groups excluding carboxylic acids is 2. The van der Waals surface area contributed by atoms with Crippen LogP contribution in [0.2, 0.25) is 0 Å². The van der Waals surface area contributed by atoms with E-state index >= 15 is 0 Å². The average Bonchev–Trinajstić information content (AvgIpc) is 2.69. The maximum Gasteiger partial charge on any atom is 0.323 e. The average molecular weight is 410 g/mol. The Morgan fingerprint density at radius 3 is 1.68 bits per heavy atom. The van der Waals surface area contributed by atoms with Gasteiger partial charge in [0.25, 0.3) is 0 Å². The van der Waals surface area contributed by atoms with Crippen molar-refractivity contribution in [2.75, 3.05) is 6.61 Å². The molecule has 0 aliphatic rings. The van der Waals surface area contributed by atoms with Gasteiger partial charge in [0.2, 0.25) is 5.82 Å². The van der Waals surface area contributed by atoms with Crippen LogP contribution in [0.4, 0.5) is 22.0 Å². The zero-order valence-corrected chi connectivity index (χ0v) is 16.0. The van der Waals surface area contributed by atoms with Gasteiger partial charge in [0, 0.05) is 0 Å². The Hall–Kier alpha value is -2.19. The van der Waals surface area contributed by atoms with E-state index in [2.05, 4.69) is 0 Å². The van der Waals surface area contributed by atoms with Crippen LogP contribution < -0.4 is 0 Å². The molecule has 0 atom stereocenters. The van der Waals surface area contributed by atoms with Crippen molar-refractivity contribution < 1.29 is 41.0 Å². The summed E-state index contributed by atoms with van der Waals surface area (Å²) in [6.45, 7) is 3.89. The summed E-state index contributed by atoms with van der Waals surface area (Å²) in [5, 5.41) is 0. The predicted octanol–water partition coefficient (Wildman–Crippen LogP) is 4.97. The smallest absolute Gasteiger partial charge is 0.323 e. The van der Waals surface area contributed by atoms with Gasteiger partial charge >= 0.3 is 11.9 Å². The Balaban J connectivity index is 2.98. The van der Waals surface area contributed by atoms with Gasteiger partial charge in [0.15, 0.2) is 28.7 Å². The number of carbonyl (C=O) groups is 2. The second-order valence-corrected chi connectivity index (χ2v) is 6.26. The van der Waals surface area contributed by atoms with Gasteiger partial charge in [-0.25, -0.2) is 22.0 Å². The molecule has 0 heterocycles. The van der Waals surface area contributed by atoms with Crippen molar-refractivity contribution in [3.05, 3.63) is 34.6 Å². The highest BCUT2D eigenvalue weighted by Gasteiger charge is 2.46. The van der Waals surface area contributed by atoms with Gasteiger partial charge in [-0.3, -0.25) is 9.59 Å². The fraction of sp³-hybridized carbons (Fsp3) is 0.579. The van der Waals surface area contributed by atoms with E-state index in [1.165, 1.54) is 13.8 Å². The topological polar surface area (TPSA) is 52.6 Å². The zero-order chi connectivity index (χ0) is 21.5. The molecule has 1 rings (SSSR count). The lowest BCUT2D eigenvalue weighted by molar-refractivity contribution is -0.174. The van der Waals surface area contributed by atoms with Crippen LogP contribution in [0.1, 0.15) is 58.4 Å². The summed E-state index contributed by atoms with van der Waals surface area (Å²) in [5.41, 5.74) is -3.02. The minimum Gasteiger partial charge on any atom is -0.465 e. The lowest BCUT2D eigenvalue weighted by Crippen LogP contribution is -2.41. The van der Waals surface area contributed by atoms with E-state index in [0.717, 1.165) is 12.8 Å². The van der Waals surface area contributed by atoms with Crippen LogP contribution in [0.5, 0.6) is 0 Å². The summed E-state index contributed by atoms with van der Waals surface area (Å²) in [6, 6.07) is 0. The first-order valence-corrected chi connectivity index (χ1v) is 9.02. The van der Waals surface area contributed by atoms with E-state index in [1.807, 2.05) is 6.92 Å². The Bertz CT molecular complexity index is 688. The summed E-state index contributed by atoms with van der Waals surface area (Å²) in [7, 11) is 0. The minimum absolute atomic E-state index is 0.0218. The number of rotatable bonds is 10. The van der Waals surface area contributed by atoms with Crippen LogP contribution in [0.15, 0.2) is 0 Å². The van der Waals surface area contributed by atoms with Gasteiger partial charge < -0.3 is 9.47 Å². The van der Waals surface area contributed by atoms with Crippen molar-refractivity contribution in [1.82, 2.24) is 0 Å². The normalized spacial score (nSPS) is 11.4.